The number of likely N-dealkylation sites (tertiary alicyclic amines) is 1. The van der Waals surface area contributed by atoms with E-state index in [-0.39, 0.29) is 17.6 Å². The van der Waals surface area contributed by atoms with Gasteiger partial charge in [0.1, 0.15) is 17.0 Å². The zero-order valence-corrected chi connectivity index (χ0v) is 13.1. The second kappa shape index (κ2) is 5.86. The van der Waals surface area contributed by atoms with Crippen molar-refractivity contribution in [3.05, 3.63) is 34.5 Å². The Bertz CT molecular complexity index is 729. The van der Waals surface area contributed by atoms with Crippen molar-refractivity contribution in [1.82, 2.24) is 20.3 Å². The van der Waals surface area contributed by atoms with Crippen LogP contribution in [0.5, 0.6) is 0 Å². The van der Waals surface area contributed by atoms with Crippen molar-refractivity contribution in [3.63, 3.8) is 0 Å². The number of nitrogens with one attached hydrogen (secondary N) is 1. The average molecular weight is 317 g/mol. The van der Waals surface area contributed by atoms with E-state index in [1.54, 1.807) is 24.8 Å². The van der Waals surface area contributed by atoms with Gasteiger partial charge < -0.3 is 15.2 Å². The number of rotatable bonds is 3. The molecule has 8 nitrogen and oxygen atoms in total. The van der Waals surface area contributed by atoms with Gasteiger partial charge >= 0.3 is 0 Å². The molecule has 23 heavy (non-hydrogen) atoms. The highest BCUT2D eigenvalue weighted by Gasteiger charge is 2.33. The standard InChI is InChI=1S/C15H19N5O3/c1-8-13(9(2)23-19-8)15(22)20-6-4-3-5-12(20)10-7-11(14(16)21)18-17-10/h7,12H,3-6H2,1-2H3,(H2,16,21)(H,17,18)/t12-/m1/s1. The first kappa shape index (κ1) is 15.3. The summed E-state index contributed by atoms with van der Waals surface area (Å²) >= 11 is 0. The second-order valence-corrected chi connectivity index (χ2v) is 5.78. The molecule has 3 heterocycles. The van der Waals surface area contributed by atoms with Gasteiger partial charge in [0.15, 0.2) is 0 Å². The van der Waals surface area contributed by atoms with Gasteiger partial charge in [0, 0.05) is 6.54 Å². The Morgan fingerprint density at radius 3 is 2.78 bits per heavy atom. The lowest BCUT2D eigenvalue weighted by Crippen LogP contribution is -2.39. The molecular weight excluding hydrogens is 298 g/mol. The predicted octanol–water partition coefficient (Wildman–Crippen LogP) is 1.48. The fourth-order valence-corrected chi connectivity index (χ4v) is 3.06. The molecule has 1 atom stereocenters. The number of H-pyrrole nitrogens is 1. The average Bonchev–Trinajstić information content (AvgIpc) is 3.14. The zero-order valence-electron chi connectivity index (χ0n) is 13.1. The van der Waals surface area contributed by atoms with Crippen molar-refractivity contribution in [2.45, 2.75) is 39.2 Å². The van der Waals surface area contributed by atoms with Crippen molar-refractivity contribution in [2.24, 2.45) is 5.73 Å². The van der Waals surface area contributed by atoms with Gasteiger partial charge in [0.05, 0.1) is 17.4 Å². The Morgan fingerprint density at radius 2 is 2.17 bits per heavy atom. The third-order valence-corrected chi connectivity index (χ3v) is 4.22. The smallest absolute Gasteiger partial charge is 0.269 e. The summed E-state index contributed by atoms with van der Waals surface area (Å²) in [4.78, 5) is 25.9. The van der Waals surface area contributed by atoms with Gasteiger partial charge in [0.2, 0.25) is 0 Å². The predicted molar refractivity (Wildman–Crippen MR) is 80.7 cm³/mol. The van der Waals surface area contributed by atoms with Crippen LogP contribution in [0.2, 0.25) is 0 Å². The highest BCUT2D eigenvalue weighted by molar-refractivity contribution is 5.96. The fraction of sp³-hybridized carbons (Fsp3) is 0.467. The maximum atomic E-state index is 12.9. The van der Waals surface area contributed by atoms with Gasteiger partial charge in [-0.25, -0.2) is 0 Å². The largest absolute Gasteiger partial charge is 0.364 e. The molecule has 8 heteroatoms. The van der Waals surface area contributed by atoms with Gasteiger partial charge in [-0.05, 0) is 39.2 Å². The number of carbonyl (C=O) groups excluding carboxylic acids is 2. The van der Waals surface area contributed by atoms with Crippen LogP contribution in [-0.4, -0.2) is 38.6 Å². The van der Waals surface area contributed by atoms with E-state index in [1.165, 1.54) is 0 Å². The van der Waals surface area contributed by atoms with Crippen molar-refractivity contribution in [2.75, 3.05) is 6.54 Å². The topological polar surface area (TPSA) is 118 Å². The second-order valence-electron chi connectivity index (χ2n) is 5.78. The Labute approximate surface area is 133 Å². The summed E-state index contributed by atoms with van der Waals surface area (Å²) < 4.78 is 5.10. The van der Waals surface area contributed by atoms with Crippen LogP contribution >= 0.6 is 0 Å². The first-order valence-corrected chi connectivity index (χ1v) is 7.58. The number of hydrogen-bond acceptors (Lipinski definition) is 5. The molecule has 0 aliphatic carbocycles. The lowest BCUT2D eigenvalue weighted by molar-refractivity contribution is 0.0603. The van der Waals surface area contributed by atoms with Crippen molar-refractivity contribution >= 4 is 11.8 Å². The number of primary amides is 1. The Hall–Kier alpha value is -2.64. The van der Waals surface area contributed by atoms with Gasteiger partial charge in [0.25, 0.3) is 11.8 Å². The van der Waals surface area contributed by atoms with Gasteiger partial charge in [-0.15, -0.1) is 0 Å². The lowest BCUT2D eigenvalue weighted by Gasteiger charge is -2.35. The molecular formula is C15H19N5O3. The first-order chi connectivity index (χ1) is 11.0. The first-order valence-electron chi connectivity index (χ1n) is 7.58. The molecule has 0 unspecified atom stereocenters. The third-order valence-electron chi connectivity index (χ3n) is 4.22. The van der Waals surface area contributed by atoms with Gasteiger partial charge in [-0.1, -0.05) is 5.16 Å². The van der Waals surface area contributed by atoms with E-state index in [2.05, 4.69) is 15.4 Å². The molecule has 0 aromatic carbocycles. The molecule has 1 aliphatic heterocycles. The molecule has 3 rings (SSSR count). The zero-order chi connectivity index (χ0) is 16.6. The minimum Gasteiger partial charge on any atom is -0.364 e. The highest BCUT2D eigenvalue weighted by atomic mass is 16.5. The third kappa shape index (κ3) is 2.71. The van der Waals surface area contributed by atoms with E-state index in [1.807, 2.05) is 0 Å². The number of aryl methyl sites for hydroxylation is 2. The molecule has 1 fully saturated rings. The Morgan fingerprint density at radius 1 is 1.39 bits per heavy atom. The fourth-order valence-electron chi connectivity index (χ4n) is 3.06. The summed E-state index contributed by atoms with van der Waals surface area (Å²) in [5.74, 6) is -0.188. The van der Waals surface area contributed by atoms with Gasteiger partial charge in [-0.3, -0.25) is 14.7 Å². The molecule has 3 N–H and O–H groups in total. The Balaban J connectivity index is 1.92. The van der Waals surface area contributed by atoms with Crippen molar-refractivity contribution < 1.29 is 14.1 Å². The molecule has 1 aliphatic rings. The molecule has 122 valence electrons. The van der Waals surface area contributed by atoms with Crippen LogP contribution in [0.15, 0.2) is 10.6 Å². The molecule has 0 saturated carbocycles. The maximum absolute atomic E-state index is 12.9. The van der Waals surface area contributed by atoms with Crippen molar-refractivity contribution in [1.29, 1.82) is 0 Å². The van der Waals surface area contributed by atoms with Crippen LogP contribution in [0.4, 0.5) is 0 Å². The summed E-state index contributed by atoms with van der Waals surface area (Å²) in [5, 5.41) is 10.6. The number of amides is 2. The monoisotopic (exact) mass is 317 g/mol. The van der Waals surface area contributed by atoms with Crippen LogP contribution in [0, 0.1) is 13.8 Å². The highest BCUT2D eigenvalue weighted by Crippen LogP contribution is 2.32. The number of aromatic amines is 1. The summed E-state index contributed by atoms with van der Waals surface area (Å²) in [7, 11) is 0. The summed E-state index contributed by atoms with van der Waals surface area (Å²) in [6.07, 6.45) is 2.74. The SMILES string of the molecule is Cc1noc(C)c1C(=O)N1CCCC[C@@H]1c1cc(C(N)=O)n[nH]1. The molecule has 1 saturated heterocycles. The number of aromatic nitrogens is 3. The minimum atomic E-state index is -0.591. The van der Waals surface area contributed by atoms with E-state index in [0.29, 0.717) is 23.6 Å². The van der Waals surface area contributed by atoms with Crippen molar-refractivity contribution in [3.8, 4) is 0 Å². The Kier molecular flexibility index (Phi) is 3.89. The van der Waals surface area contributed by atoms with E-state index >= 15 is 0 Å². The summed E-state index contributed by atoms with van der Waals surface area (Å²) in [6.45, 7) is 4.12. The van der Waals surface area contributed by atoms with E-state index in [9.17, 15) is 9.59 Å². The van der Waals surface area contributed by atoms with E-state index < -0.39 is 5.91 Å². The minimum absolute atomic E-state index is 0.110. The molecule has 0 bridgehead atoms. The number of hydrogen-bond donors (Lipinski definition) is 2. The number of nitrogens with zero attached hydrogens (tertiary/aromatic N) is 3. The van der Waals surface area contributed by atoms with Crippen LogP contribution in [0.1, 0.15) is 63.3 Å². The van der Waals surface area contributed by atoms with Crippen LogP contribution in [0.3, 0.4) is 0 Å². The molecule has 2 aromatic heterocycles. The molecule has 2 aromatic rings. The molecule has 2 amide bonds. The summed E-state index contributed by atoms with van der Waals surface area (Å²) in [6, 6.07) is 1.46. The van der Waals surface area contributed by atoms with E-state index in [4.69, 9.17) is 10.3 Å². The quantitative estimate of drug-likeness (QED) is 0.889. The normalized spacial score (nSPS) is 18.2. The molecule has 0 radical (unpaired) electrons. The van der Waals surface area contributed by atoms with Crippen LogP contribution < -0.4 is 5.73 Å². The lowest BCUT2D eigenvalue weighted by atomic mass is 9.97. The number of carbonyl (C=O) groups is 2. The number of piperidine rings is 1. The van der Waals surface area contributed by atoms with Gasteiger partial charge in [-0.2, -0.15) is 5.10 Å². The molecule has 0 spiro atoms. The summed E-state index contributed by atoms with van der Waals surface area (Å²) in [5.41, 5.74) is 7.23. The van der Waals surface area contributed by atoms with Crippen LogP contribution in [-0.2, 0) is 0 Å². The maximum Gasteiger partial charge on any atom is 0.269 e. The van der Waals surface area contributed by atoms with Crippen LogP contribution in [0.25, 0.3) is 0 Å². The number of nitrogens with two attached hydrogens (primary N) is 1. The van der Waals surface area contributed by atoms with E-state index in [0.717, 1.165) is 25.0 Å².